The molecule has 7 rings (SSSR count). The van der Waals surface area contributed by atoms with Crippen LogP contribution in [-0.4, -0.2) is 217 Å². The van der Waals surface area contributed by atoms with Gasteiger partial charge in [-0.3, -0.25) is 19.7 Å². The number of carbonyl (C=O) groups excluding carboxylic acids is 3. The molecule has 0 aromatic heterocycles. The summed E-state index contributed by atoms with van der Waals surface area (Å²) in [6.07, 6.45) is -13.8. The van der Waals surface area contributed by atoms with Crippen molar-refractivity contribution in [2.24, 2.45) is 0 Å². The lowest BCUT2D eigenvalue weighted by Crippen LogP contribution is -2.65. The number of ether oxygens (including phenoxy) is 12. The number of nitrogens with one attached hydrogen (secondary N) is 3. The van der Waals surface area contributed by atoms with Crippen molar-refractivity contribution >= 4 is 72.9 Å². The van der Waals surface area contributed by atoms with Gasteiger partial charge in [0, 0.05) is 49.2 Å². The number of Topliss-reactive ketones (excluding diaryl/α,β-unsaturated/α-hetero) is 1. The zero-order chi connectivity index (χ0) is 62.0. The van der Waals surface area contributed by atoms with Crippen LogP contribution < -0.4 is 30.3 Å². The minimum atomic E-state index is -2.06. The number of fused-ring (bicyclic) bond motifs is 2. The summed E-state index contributed by atoms with van der Waals surface area (Å²) in [7, 11) is 9.90. The second kappa shape index (κ2) is 31.4. The molecule has 1 aromatic carbocycles. The molecule has 4 fully saturated rings. The molecule has 4 heterocycles. The van der Waals surface area contributed by atoms with Crippen LogP contribution in [0.15, 0.2) is 35.1 Å². The fourth-order valence-corrected chi connectivity index (χ4v) is 14.2. The van der Waals surface area contributed by atoms with Crippen LogP contribution in [0.2, 0.25) is 0 Å². The number of rotatable bonds is 22. The Kier molecular flexibility index (Phi) is 25.6. The van der Waals surface area contributed by atoms with Crippen LogP contribution in [0.5, 0.6) is 17.2 Å². The van der Waals surface area contributed by atoms with Gasteiger partial charge in [0.15, 0.2) is 41.8 Å². The molecule has 2 bridgehead atoms. The molecule has 472 valence electrons. The van der Waals surface area contributed by atoms with Crippen molar-refractivity contribution in [1.29, 1.82) is 0 Å². The Morgan fingerprint density at radius 3 is 2.26 bits per heavy atom. The number of aliphatic hydroxyl groups is 5. The lowest BCUT2D eigenvalue weighted by atomic mass is 9.75. The third-order valence-electron chi connectivity index (χ3n) is 14.9. The van der Waals surface area contributed by atoms with E-state index < -0.39 is 127 Å². The topological polar surface area (TPSA) is 308 Å². The summed E-state index contributed by atoms with van der Waals surface area (Å²) in [6, 6.07) is -1.27. The molecule has 28 heteroatoms. The van der Waals surface area contributed by atoms with Gasteiger partial charge in [-0.05, 0) is 74.5 Å². The molecule has 85 heavy (non-hydrogen) atoms. The molecule has 1 aromatic rings. The number of hydrogen-bond donors (Lipinski definition) is 8. The van der Waals surface area contributed by atoms with E-state index in [-0.39, 0.29) is 76.5 Å². The number of methoxy groups -OCH3 is 5. The third-order valence-corrected chi connectivity index (χ3v) is 20.4. The Morgan fingerprint density at radius 2 is 1.60 bits per heavy atom. The minimum Gasteiger partial charge on any atom is -0.492 e. The maximum absolute atomic E-state index is 14.4. The number of alkyl carbamates (subject to hydrolysis) is 1. The average molecular weight is 1360 g/mol. The second-order valence-corrected chi connectivity index (χ2v) is 26.2. The Labute approximate surface area is 521 Å². The van der Waals surface area contributed by atoms with E-state index >= 15 is 0 Å². The summed E-state index contributed by atoms with van der Waals surface area (Å²) in [5.74, 6) is 11.4. The molecule has 4 aliphatic heterocycles. The summed E-state index contributed by atoms with van der Waals surface area (Å²) in [4.78, 5) is 47.7. The van der Waals surface area contributed by atoms with Crippen molar-refractivity contribution < 1.29 is 102 Å². The number of benzene rings is 1. The van der Waals surface area contributed by atoms with Gasteiger partial charge in [-0.1, -0.05) is 83.9 Å². The Hall–Kier alpha value is -3.29. The first kappa shape index (κ1) is 69.2. The first-order chi connectivity index (χ1) is 40.5. The van der Waals surface area contributed by atoms with Crippen LogP contribution in [0.3, 0.4) is 0 Å². The number of carbonyl (C=O) groups is 3. The molecule has 2 aliphatic carbocycles. The highest BCUT2D eigenvalue weighted by molar-refractivity contribution is 14.1. The van der Waals surface area contributed by atoms with Gasteiger partial charge < -0.3 is 87.7 Å². The number of halogens is 1. The van der Waals surface area contributed by atoms with E-state index in [4.69, 9.17) is 61.7 Å². The number of hydroxylamine groups is 1. The number of thioether (sulfide) groups is 1. The van der Waals surface area contributed by atoms with Crippen LogP contribution in [0.4, 0.5) is 4.79 Å². The monoisotopic (exact) mass is 1360 g/mol. The number of amides is 1. The largest absolute Gasteiger partial charge is 0.492 e. The molecule has 0 unspecified atom stereocenters. The first-order valence-corrected chi connectivity index (χ1v) is 32.0. The molecule has 0 saturated carbocycles. The van der Waals surface area contributed by atoms with E-state index in [1.165, 1.54) is 44.3 Å². The summed E-state index contributed by atoms with van der Waals surface area (Å²) in [5.41, 5.74) is 1.32. The molecule has 24 nitrogen and oxygen atoms in total. The van der Waals surface area contributed by atoms with E-state index in [0.717, 1.165) is 18.9 Å². The quantitative estimate of drug-likeness (QED) is 0.0271. The lowest BCUT2D eigenvalue weighted by molar-refractivity contribution is -0.336. The maximum Gasteiger partial charge on any atom is 0.411 e. The smallest absolute Gasteiger partial charge is 0.411 e. The average Bonchev–Trinajstić information content (AvgIpc) is 1.33. The Bertz CT molecular complexity index is 2740. The molecule has 6 aliphatic rings. The molecule has 1 amide bonds. The van der Waals surface area contributed by atoms with Crippen molar-refractivity contribution in [3.63, 3.8) is 0 Å². The first-order valence-electron chi connectivity index (χ1n) is 27.7. The van der Waals surface area contributed by atoms with Crippen molar-refractivity contribution in [2.45, 2.75) is 188 Å². The standard InChI is InChI=1S/C57H78IN3O21S3/c1-13-59-32-25-75-37(23-36(32)70-8)80-50-45(65)42(28(5)77-55(50)79-35-18-16-14-15-17-20-57(69)24-34(63)43(60-56(68)74-12)40(35)31(57)19-21-83-85-26(2)3)61-82-38-22-33(62)52(30(7)76-38)84-53(67)39-27(4)41(58)48(51(73-11)47(39)71-9)81-54-46(66)49(72-10)44(64)29(6)78-54/h14-15,19,26,28-30,32-33,35-38,42,44-46,49-50,52,54-55,59,61-62,64-66,69H,13,21-25H2,1-12H3,(H,60,68)/t28-,29+,30-,32+,33+,35+,36+,37+,38+,42-,44+,45+,46-,49-,50-,52-,54+,55+,57+/m1/s1. The highest BCUT2D eigenvalue weighted by Crippen LogP contribution is 2.49. The summed E-state index contributed by atoms with van der Waals surface area (Å²) in [5, 5.41) is 63.1. The van der Waals surface area contributed by atoms with Crippen LogP contribution >= 0.6 is 55.9 Å². The molecule has 0 spiro atoms. The molecule has 8 N–H and O–H groups in total. The highest BCUT2D eigenvalue weighted by atomic mass is 127. The van der Waals surface area contributed by atoms with E-state index in [1.54, 1.807) is 51.7 Å². The normalized spacial score (nSPS) is 35.3. The number of likely N-dealkylation sites (N-methyl/N-ethyl adjacent to an activating group) is 1. The predicted molar refractivity (Wildman–Crippen MR) is 321 cm³/mol. The van der Waals surface area contributed by atoms with Gasteiger partial charge in [-0.15, -0.1) is 0 Å². The molecule has 4 saturated heterocycles. The lowest BCUT2D eigenvalue weighted by Gasteiger charge is -2.46. The zero-order valence-electron chi connectivity index (χ0n) is 49.3. The maximum atomic E-state index is 14.4. The van der Waals surface area contributed by atoms with Gasteiger partial charge in [0.05, 0.1) is 97.0 Å². The van der Waals surface area contributed by atoms with Gasteiger partial charge in [-0.2, -0.15) is 5.48 Å². The van der Waals surface area contributed by atoms with Gasteiger partial charge in [-0.25, -0.2) is 4.79 Å². The molecule has 19 atom stereocenters. The summed E-state index contributed by atoms with van der Waals surface area (Å²) < 4.78 is 72.6. The molecular formula is C57H78IN3O21S3. The van der Waals surface area contributed by atoms with E-state index in [0.29, 0.717) is 21.4 Å². The van der Waals surface area contributed by atoms with Crippen LogP contribution in [-0.2, 0) is 52.3 Å². The van der Waals surface area contributed by atoms with Crippen molar-refractivity contribution in [2.75, 3.05) is 54.5 Å². The molecule has 0 radical (unpaired) electrons. The van der Waals surface area contributed by atoms with Gasteiger partial charge >= 0.3 is 6.09 Å². The highest BCUT2D eigenvalue weighted by Gasteiger charge is 2.52. The minimum absolute atomic E-state index is 0.0105. The molecular weight excluding hydrogens is 1290 g/mol. The van der Waals surface area contributed by atoms with E-state index in [2.05, 4.69) is 39.8 Å². The number of aliphatic hydroxyl groups excluding tert-OH is 4. The van der Waals surface area contributed by atoms with E-state index in [1.807, 2.05) is 43.4 Å². The van der Waals surface area contributed by atoms with Crippen molar-refractivity contribution in [3.05, 3.63) is 49.8 Å². The predicted octanol–water partition coefficient (Wildman–Crippen LogP) is 3.33. The second-order valence-electron chi connectivity index (χ2n) is 21.0. The summed E-state index contributed by atoms with van der Waals surface area (Å²) >= 11 is 2.83. The van der Waals surface area contributed by atoms with Gasteiger partial charge in [0.25, 0.3) is 0 Å². The van der Waals surface area contributed by atoms with Crippen LogP contribution in [0.1, 0.15) is 76.7 Å². The number of hydrogen-bond acceptors (Lipinski definition) is 26. The summed E-state index contributed by atoms with van der Waals surface area (Å²) in [6.45, 7) is 13.5. The Balaban J connectivity index is 1.12. The van der Waals surface area contributed by atoms with Crippen LogP contribution in [0, 0.1) is 34.2 Å². The van der Waals surface area contributed by atoms with Crippen LogP contribution in [0.25, 0.3) is 0 Å². The fraction of sp³-hybridized carbons (Fsp3) is 0.667. The Morgan fingerprint density at radius 1 is 0.882 bits per heavy atom. The SMILES string of the molecule is CCN[C@H]1CO[C@@H](O[C@H]2[C@H](O[C@H]3C#CC=CC#C[C@]4(O)CC(=O)C(NC(=O)OC)=C3C4=CCSSC(C)C)O[C@H](C)[C@@H](NO[C@H]3C[C@H](O)[C@H](SC(=O)c4c(C)c(I)c(O[C@@H]5O[C@@H](C)[C@H](O)[C@@H](OC)[C@H]5O)c(OC)c4OC)[C@@H](C)O3)[C@@H]2O)C[C@@H]1OC. The zero-order valence-corrected chi connectivity index (χ0v) is 53.9. The van der Waals surface area contributed by atoms with Gasteiger partial charge in [0.2, 0.25) is 17.2 Å². The van der Waals surface area contributed by atoms with Crippen molar-refractivity contribution in [3.8, 4) is 40.9 Å². The number of allylic oxidation sites excluding steroid dienone is 3. The van der Waals surface area contributed by atoms with E-state index in [9.17, 15) is 39.9 Å². The van der Waals surface area contributed by atoms with Gasteiger partial charge in [0.1, 0.15) is 36.6 Å². The van der Waals surface area contributed by atoms with Crippen molar-refractivity contribution in [1.82, 2.24) is 16.1 Å². The number of ketones is 1. The third kappa shape index (κ3) is 16.2. The fourth-order valence-electron chi connectivity index (χ4n) is 10.6.